The number of rotatable bonds is 3. The molecule has 0 aliphatic rings. The van der Waals surface area contributed by atoms with E-state index in [9.17, 15) is 4.79 Å². The summed E-state index contributed by atoms with van der Waals surface area (Å²) in [7, 11) is 0. The zero-order valence-electron chi connectivity index (χ0n) is 9.80. The third-order valence-electron chi connectivity index (χ3n) is 2.41. The van der Waals surface area contributed by atoms with Crippen molar-refractivity contribution in [2.24, 2.45) is 5.73 Å². The van der Waals surface area contributed by atoms with Crippen LogP contribution in [-0.2, 0) is 0 Å². The van der Waals surface area contributed by atoms with E-state index in [1.807, 2.05) is 39.0 Å². The van der Waals surface area contributed by atoms with Crippen LogP contribution in [0.2, 0.25) is 0 Å². The molecular formula is C12H17BrN2O. The summed E-state index contributed by atoms with van der Waals surface area (Å²) >= 11 is 3.36. The molecule has 0 aromatic heterocycles. The van der Waals surface area contributed by atoms with Gasteiger partial charge >= 0.3 is 0 Å². The predicted octanol–water partition coefficient (Wildman–Crippen LogP) is 2.22. The lowest BCUT2D eigenvalue weighted by atomic mass is 10.0. The van der Waals surface area contributed by atoms with Crippen molar-refractivity contribution in [3.8, 4) is 0 Å². The highest BCUT2D eigenvalue weighted by Crippen LogP contribution is 2.16. The first-order chi connectivity index (χ1) is 7.35. The Morgan fingerprint density at radius 1 is 1.50 bits per heavy atom. The van der Waals surface area contributed by atoms with Crippen LogP contribution < -0.4 is 11.1 Å². The van der Waals surface area contributed by atoms with E-state index < -0.39 is 0 Å². The Balaban J connectivity index is 2.93. The number of hydrogen-bond donors (Lipinski definition) is 2. The van der Waals surface area contributed by atoms with Crippen molar-refractivity contribution in [1.82, 2.24) is 5.32 Å². The van der Waals surface area contributed by atoms with Crippen LogP contribution in [0.4, 0.5) is 0 Å². The molecule has 0 unspecified atom stereocenters. The first-order valence-electron chi connectivity index (χ1n) is 5.14. The SMILES string of the molecule is Cc1ccc(Br)cc1C(=O)NC(C)(C)CN. The minimum absolute atomic E-state index is 0.0887. The molecule has 3 N–H and O–H groups in total. The van der Waals surface area contributed by atoms with Gasteiger partial charge in [0, 0.05) is 22.1 Å². The van der Waals surface area contributed by atoms with Crippen LogP contribution in [0.25, 0.3) is 0 Å². The second-order valence-corrected chi connectivity index (χ2v) is 5.42. The van der Waals surface area contributed by atoms with Gasteiger partial charge in [-0.25, -0.2) is 0 Å². The number of amides is 1. The summed E-state index contributed by atoms with van der Waals surface area (Å²) < 4.78 is 0.897. The second kappa shape index (κ2) is 4.97. The molecule has 1 rings (SSSR count). The van der Waals surface area contributed by atoms with Gasteiger partial charge < -0.3 is 11.1 Å². The van der Waals surface area contributed by atoms with E-state index in [1.54, 1.807) is 0 Å². The molecule has 0 saturated heterocycles. The normalized spacial score (nSPS) is 11.3. The van der Waals surface area contributed by atoms with E-state index in [-0.39, 0.29) is 11.4 Å². The van der Waals surface area contributed by atoms with Gasteiger partial charge in [-0.05, 0) is 38.5 Å². The Morgan fingerprint density at radius 3 is 2.69 bits per heavy atom. The lowest BCUT2D eigenvalue weighted by Crippen LogP contribution is -2.49. The van der Waals surface area contributed by atoms with Crippen LogP contribution in [0.1, 0.15) is 29.8 Å². The monoisotopic (exact) mass is 284 g/mol. The van der Waals surface area contributed by atoms with Crippen molar-refractivity contribution in [1.29, 1.82) is 0 Å². The molecule has 0 saturated carbocycles. The second-order valence-electron chi connectivity index (χ2n) is 4.50. The average Bonchev–Trinajstić information content (AvgIpc) is 2.21. The van der Waals surface area contributed by atoms with Crippen molar-refractivity contribution in [2.75, 3.05) is 6.54 Å². The maximum atomic E-state index is 12.0. The molecule has 0 fully saturated rings. The van der Waals surface area contributed by atoms with E-state index in [1.165, 1.54) is 0 Å². The van der Waals surface area contributed by atoms with Crippen molar-refractivity contribution < 1.29 is 4.79 Å². The van der Waals surface area contributed by atoms with E-state index in [2.05, 4.69) is 21.2 Å². The van der Waals surface area contributed by atoms with Gasteiger partial charge in [-0.15, -0.1) is 0 Å². The van der Waals surface area contributed by atoms with E-state index in [0.29, 0.717) is 12.1 Å². The standard InChI is InChI=1S/C12H17BrN2O/c1-8-4-5-9(13)6-10(8)11(16)15-12(2,3)7-14/h4-6H,7,14H2,1-3H3,(H,15,16). The minimum atomic E-state index is -0.383. The number of nitrogens with one attached hydrogen (secondary N) is 1. The highest BCUT2D eigenvalue weighted by atomic mass is 79.9. The van der Waals surface area contributed by atoms with Crippen LogP contribution >= 0.6 is 15.9 Å². The predicted molar refractivity (Wildman–Crippen MR) is 69.5 cm³/mol. The Hall–Kier alpha value is -0.870. The van der Waals surface area contributed by atoms with Gasteiger partial charge in [0.2, 0.25) is 0 Å². The Labute approximate surface area is 105 Å². The molecule has 1 aromatic carbocycles. The van der Waals surface area contributed by atoms with Crippen molar-refractivity contribution in [2.45, 2.75) is 26.3 Å². The van der Waals surface area contributed by atoms with Gasteiger partial charge in [0.05, 0.1) is 0 Å². The zero-order chi connectivity index (χ0) is 12.3. The molecule has 0 atom stereocenters. The third kappa shape index (κ3) is 3.32. The highest BCUT2D eigenvalue weighted by Gasteiger charge is 2.20. The molecule has 0 heterocycles. The summed E-state index contributed by atoms with van der Waals surface area (Å²) in [6.07, 6.45) is 0. The van der Waals surface area contributed by atoms with Crippen molar-refractivity contribution in [3.63, 3.8) is 0 Å². The molecule has 88 valence electrons. The summed E-state index contributed by atoms with van der Waals surface area (Å²) in [5.41, 5.74) is 6.82. The third-order valence-corrected chi connectivity index (χ3v) is 2.90. The lowest BCUT2D eigenvalue weighted by Gasteiger charge is -2.24. The molecule has 0 aliphatic heterocycles. The zero-order valence-corrected chi connectivity index (χ0v) is 11.4. The van der Waals surface area contributed by atoms with Gasteiger partial charge in [0.15, 0.2) is 0 Å². The topological polar surface area (TPSA) is 55.1 Å². The molecule has 0 bridgehead atoms. The van der Waals surface area contributed by atoms with Crippen molar-refractivity contribution in [3.05, 3.63) is 33.8 Å². The van der Waals surface area contributed by atoms with E-state index in [0.717, 1.165) is 10.0 Å². The van der Waals surface area contributed by atoms with Crippen molar-refractivity contribution >= 4 is 21.8 Å². The molecule has 0 spiro atoms. The lowest BCUT2D eigenvalue weighted by molar-refractivity contribution is 0.0915. The molecule has 0 aliphatic carbocycles. The number of halogens is 1. The minimum Gasteiger partial charge on any atom is -0.346 e. The van der Waals surface area contributed by atoms with Gasteiger partial charge in [-0.1, -0.05) is 22.0 Å². The largest absolute Gasteiger partial charge is 0.346 e. The fourth-order valence-corrected chi connectivity index (χ4v) is 1.63. The molecule has 16 heavy (non-hydrogen) atoms. The Kier molecular flexibility index (Phi) is 4.10. The van der Waals surface area contributed by atoms with Crippen LogP contribution in [-0.4, -0.2) is 18.0 Å². The van der Waals surface area contributed by atoms with E-state index >= 15 is 0 Å². The van der Waals surface area contributed by atoms with Crippen LogP contribution in [0.5, 0.6) is 0 Å². The molecular weight excluding hydrogens is 268 g/mol. The molecule has 1 amide bonds. The summed E-state index contributed by atoms with van der Waals surface area (Å²) in [6.45, 7) is 6.12. The maximum Gasteiger partial charge on any atom is 0.252 e. The molecule has 4 heteroatoms. The first kappa shape index (κ1) is 13.2. The number of nitrogens with two attached hydrogens (primary N) is 1. The van der Waals surface area contributed by atoms with Crippen LogP contribution in [0.3, 0.4) is 0 Å². The Bertz CT molecular complexity index is 402. The summed E-state index contributed by atoms with van der Waals surface area (Å²) in [5, 5.41) is 2.91. The highest BCUT2D eigenvalue weighted by molar-refractivity contribution is 9.10. The fourth-order valence-electron chi connectivity index (χ4n) is 1.26. The fraction of sp³-hybridized carbons (Fsp3) is 0.417. The molecule has 3 nitrogen and oxygen atoms in total. The quantitative estimate of drug-likeness (QED) is 0.894. The first-order valence-corrected chi connectivity index (χ1v) is 5.94. The van der Waals surface area contributed by atoms with Crippen LogP contribution in [0.15, 0.2) is 22.7 Å². The van der Waals surface area contributed by atoms with Gasteiger partial charge in [0.25, 0.3) is 5.91 Å². The van der Waals surface area contributed by atoms with Crippen LogP contribution in [0, 0.1) is 6.92 Å². The number of carbonyl (C=O) groups is 1. The summed E-state index contributed by atoms with van der Waals surface area (Å²) in [5.74, 6) is -0.0887. The Morgan fingerprint density at radius 2 is 2.12 bits per heavy atom. The summed E-state index contributed by atoms with van der Waals surface area (Å²) in [6, 6.07) is 5.64. The average molecular weight is 285 g/mol. The molecule has 0 radical (unpaired) electrons. The van der Waals surface area contributed by atoms with Gasteiger partial charge in [-0.2, -0.15) is 0 Å². The number of aryl methyl sites for hydroxylation is 1. The maximum absolute atomic E-state index is 12.0. The molecule has 1 aromatic rings. The smallest absolute Gasteiger partial charge is 0.252 e. The van der Waals surface area contributed by atoms with Gasteiger partial charge in [0.1, 0.15) is 0 Å². The van der Waals surface area contributed by atoms with E-state index in [4.69, 9.17) is 5.73 Å². The number of benzene rings is 1. The number of carbonyl (C=O) groups excluding carboxylic acids is 1. The van der Waals surface area contributed by atoms with Gasteiger partial charge in [-0.3, -0.25) is 4.79 Å². The summed E-state index contributed by atoms with van der Waals surface area (Å²) in [4.78, 5) is 12.0. The number of hydrogen-bond acceptors (Lipinski definition) is 2.